The number of aliphatic hydroxyl groups is 1. The number of hydrogen-bond donors (Lipinski definition) is 3. The zero-order valence-corrected chi connectivity index (χ0v) is 9.80. The Morgan fingerprint density at radius 1 is 1.47 bits per heavy atom. The van der Waals surface area contributed by atoms with Crippen molar-refractivity contribution in [2.24, 2.45) is 5.73 Å². The Morgan fingerprint density at radius 3 is 2.71 bits per heavy atom. The lowest BCUT2D eigenvalue weighted by Gasteiger charge is -2.15. The molecule has 0 saturated heterocycles. The van der Waals surface area contributed by atoms with Crippen LogP contribution in [0, 0.1) is 0 Å². The molecule has 0 fully saturated rings. The molecular formula is C12H18N2O3. The standard InChI is InChI=1S/C12H18N2O3/c1-9(12(13)16)14-7-10(15)8-17-11-5-3-2-4-6-11/h2-6,9-10,14-15H,7-8H2,1H3,(H2,13,16). The minimum Gasteiger partial charge on any atom is -0.491 e. The molecule has 1 amide bonds. The zero-order valence-electron chi connectivity index (χ0n) is 9.80. The van der Waals surface area contributed by atoms with Gasteiger partial charge in [-0.15, -0.1) is 0 Å². The lowest BCUT2D eigenvalue weighted by molar-refractivity contribution is -0.119. The Morgan fingerprint density at radius 2 is 2.12 bits per heavy atom. The number of ether oxygens (including phenoxy) is 1. The molecule has 0 spiro atoms. The van der Waals surface area contributed by atoms with Gasteiger partial charge in [0.05, 0.1) is 6.04 Å². The third-order valence-electron chi connectivity index (χ3n) is 2.27. The second-order valence-electron chi connectivity index (χ2n) is 3.81. The summed E-state index contributed by atoms with van der Waals surface area (Å²) in [6.07, 6.45) is -0.683. The highest BCUT2D eigenvalue weighted by molar-refractivity contribution is 5.79. The number of aliphatic hydroxyl groups excluding tert-OH is 1. The van der Waals surface area contributed by atoms with Gasteiger partial charge in [0, 0.05) is 6.54 Å². The molecular weight excluding hydrogens is 220 g/mol. The maximum Gasteiger partial charge on any atom is 0.234 e. The summed E-state index contributed by atoms with van der Waals surface area (Å²) in [5, 5.41) is 12.4. The van der Waals surface area contributed by atoms with Gasteiger partial charge < -0.3 is 20.9 Å². The molecule has 0 bridgehead atoms. The van der Waals surface area contributed by atoms with Crippen LogP contribution in [0.2, 0.25) is 0 Å². The first-order valence-electron chi connectivity index (χ1n) is 5.48. The van der Waals surface area contributed by atoms with Crippen molar-refractivity contribution < 1.29 is 14.6 Å². The van der Waals surface area contributed by atoms with E-state index >= 15 is 0 Å². The predicted molar refractivity (Wildman–Crippen MR) is 64.6 cm³/mol. The van der Waals surface area contributed by atoms with Crippen LogP contribution in [0.15, 0.2) is 30.3 Å². The molecule has 1 rings (SSSR count). The van der Waals surface area contributed by atoms with Gasteiger partial charge in [-0.1, -0.05) is 18.2 Å². The normalized spacial score (nSPS) is 14.0. The van der Waals surface area contributed by atoms with E-state index in [1.807, 2.05) is 30.3 Å². The van der Waals surface area contributed by atoms with Gasteiger partial charge in [0.25, 0.3) is 0 Å². The van der Waals surface area contributed by atoms with E-state index < -0.39 is 18.1 Å². The summed E-state index contributed by atoms with van der Waals surface area (Å²) < 4.78 is 5.35. The van der Waals surface area contributed by atoms with Gasteiger partial charge in [0.15, 0.2) is 0 Å². The number of rotatable bonds is 7. The summed E-state index contributed by atoms with van der Waals surface area (Å²) in [6, 6.07) is 8.77. The average Bonchev–Trinajstić information content (AvgIpc) is 2.34. The second-order valence-corrected chi connectivity index (χ2v) is 3.81. The average molecular weight is 238 g/mol. The Balaban J connectivity index is 2.22. The van der Waals surface area contributed by atoms with Gasteiger partial charge in [0.1, 0.15) is 18.5 Å². The van der Waals surface area contributed by atoms with Crippen molar-refractivity contribution in [1.29, 1.82) is 0 Å². The van der Waals surface area contributed by atoms with Crippen LogP contribution in [-0.2, 0) is 4.79 Å². The van der Waals surface area contributed by atoms with Crippen LogP contribution in [0.4, 0.5) is 0 Å². The van der Waals surface area contributed by atoms with E-state index in [1.54, 1.807) is 6.92 Å². The van der Waals surface area contributed by atoms with Gasteiger partial charge in [-0.3, -0.25) is 4.79 Å². The van der Waals surface area contributed by atoms with Crippen LogP contribution in [0.25, 0.3) is 0 Å². The molecule has 0 radical (unpaired) electrons. The van der Waals surface area contributed by atoms with E-state index in [0.717, 1.165) is 0 Å². The Bertz CT molecular complexity index is 343. The number of nitrogens with two attached hydrogens (primary N) is 1. The van der Waals surface area contributed by atoms with Crippen LogP contribution in [0.3, 0.4) is 0 Å². The van der Waals surface area contributed by atoms with Gasteiger partial charge in [-0.25, -0.2) is 0 Å². The molecule has 0 heterocycles. The summed E-state index contributed by atoms with van der Waals surface area (Å²) in [5.41, 5.74) is 5.07. The van der Waals surface area contributed by atoms with E-state index in [2.05, 4.69) is 5.32 Å². The Kier molecular flexibility index (Phi) is 5.45. The van der Waals surface area contributed by atoms with Crippen LogP contribution in [0.1, 0.15) is 6.92 Å². The van der Waals surface area contributed by atoms with E-state index in [0.29, 0.717) is 5.75 Å². The van der Waals surface area contributed by atoms with Crippen molar-refractivity contribution in [3.05, 3.63) is 30.3 Å². The van der Waals surface area contributed by atoms with E-state index in [1.165, 1.54) is 0 Å². The summed E-state index contributed by atoms with van der Waals surface area (Å²) in [4.78, 5) is 10.7. The first-order valence-corrected chi connectivity index (χ1v) is 5.48. The largest absolute Gasteiger partial charge is 0.491 e. The molecule has 1 aromatic rings. The fourth-order valence-electron chi connectivity index (χ4n) is 1.18. The quantitative estimate of drug-likeness (QED) is 0.619. The Labute approximate surface area is 101 Å². The van der Waals surface area contributed by atoms with Crippen molar-refractivity contribution in [3.8, 4) is 5.75 Å². The lowest BCUT2D eigenvalue weighted by Crippen LogP contribution is -2.43. The predicted octanol–water partition coefficient (Wildman–Crippen LogP) is -0.110. The molecule has 2 unspecified atom stereocenters. The first kappa shape index (κ1) is 13.5. The molecule has 0 aromatic heterocycles. The molecule has 1 aromatic carbocycles. The van der Waals surface area contributed by atoms with Gasteiger partial charge in [-0.2, -0.15) is 0 Å². The molecule has 2 atom stereocenters. The smallest absolute Gasteiger partial charge is 0.234 e. The third kappa shape index (κ3) is 5.33. The first-order chi connectivity index (χ1) is 8.09. The van der Waals surface area contributed by atoms with Crippen LogP contribution < -0.4 is 15.8 Å². The van der Waals surface area contributed by atoms with Gasteiger partial charge >= 0.3 is 0 Å². The monoisotopic (exact) mass is 238 g/mol. The van der Waals surface area contributed by atoms with Crippen molar-refractivity contribution in [2.75, 3.05) is 13.2 Å². The number of benzene rings is 1. The zero-order chi connectivity index (χ0) is 12.7. The molecule has 0 saturated carbocycles. The number of nitrogens with one attached hydrogen (secondary N) is 1. The maximum absolute atomic E-state index is 10.7. The Hall–Kier alpha value is -1.59. The van der Waals surface area contributed by atoms with Crippen molar-refractivity contribution in [3.63, 3.8) is 0 Å². The molecule has 5 heteroatoms. The van der Waals surface area contributed by atoms with Crippen molar-refractivity contribution >= 4 is 5.91 Å². The highest BCUT2D eigenvalue weighted by Crippen LogP contribution is 2.08. The summed E-state index contributed by atoms with van der Waals surface area (Å²) >= 11 is 0. The van der Waals surface area contributed by atoms with Crippen LogP contribution in [0.5, 0.6) is 5.75 Å². The highest BCUT2D eigenvalue weighted by atomic mass is 16.5. The summed E-state index contributed by atoms with van der Waals surface area (Å²) in [6.45, 7) is 2.08. The number of amides is 1. The van der Waals surface area contributed by atoms with Crippen molar-refractivity contribution in [2.45, 2.75) is 19.1 Å². The highest BCUT2D eigenvalue weighted by Gasteiger charge is 2.11. The van der Waals surface area contributed by atoms with E-state index in [-0.39, 0.29) is 13.2 Å². The second kappa shape index (κ2) is 6.88. The molecule has 5 nitrogen and oxygen atoms in total. The topological polar surface area (TPSA) is 84.6 Å². The molecule has 0 aliphatic heterocycles. The van der Waals surface area contributed by atoms with Gasteiger partial charge in [0.2, 0.25) is 5.91 Å². The van der Waals surface area contributed by atoms with E-state index in [4.69, 9.17) is 10.5 Å². The fourth-order valence-corrected chi connectivity index (χ4v) is 1.18. The fraction of sp³-hybridized carbons (Fsp3) is 0.417. The molecule has 0 aliphatic rings. The number of carbonyl (C=O) groups is 1. The number of carbonyl (C=O) groups excluding carboxylic acids is 1. The minimum absolute atomic E-state index is 0.169. The third-order valence-corrected chi connectivity index (χ3v) is 2.27. The SMILES string of the molecule is CC(NCC(O)COc1ccccc1)C(N)=O. The molecule has 0 aliphatic carbocycles. The van der Waals surface area contributed by atoms with Crippen LogP contribution >= 0.6 is 0 Å². The number of para-hydroxylation sites is 1. The van der Waals surface area contributed by atoms with Crippen molar-refractivity contribution in [1.82, 2.24) is 5.32 Å². The molecule has 4 N–H and O–H groups in total. The van der Waals surface area contributed by atoms with Gasteiger partial charge in [-0.05, 0) is 19.1 Å². The summed E-state index contributed by atoms with van der Waals surface area (Å²) in [7, 11) is 0. The summed E-state index contributed by atoms with van der Waals surface area (Å²) in [5.74, 6) is 0.260. The van der Waals surface area contributed by atoms with Crippen LogP contribution in [-0.4, -0.2) is 36.3 Å². The number of hydrogen-bond acceptors (Lipinski definition) is 4. The number of primary amides is 1. The lowest BCUT2D eigenvalue weighted by atomic mass is 10.3. The van der Waals surface area contributed by atoms with E-state index in [9.17, 15) is 9.90 Å². The maximum atomic E-state index is 10.7. The minimum atomic E-state index is -0.683. The molecule has 17 heavy (non-hydrogen) atoms. The molecule has 94 valence electrons.